The quantitative estimate of drug-likeness (QED) is 0.601. The van der Waals surface area contributed by atoms with Crippen LogP contribution in [-0.4, -0.2) is 56.6 Å². The second-order valence-corrected chi connectivity index (χ2v) is 9.08. The molecule has 0 saturated carbocycles. The molecule has 2 N–H and O–H groups in total. The molecule has 2 aromatic carbocycles. The number of hydrogen-bond donors (Lipinski definition) is 2. The Bertz CT molecular complexity index is 924. The zero-order valence-corrected chi connectivity index (χ0v) is 18.8. The van der Waals surface area contributed by atoms with Crippen molar-refractivity contribution in [2.24, 2.45) is 0 Å². The normalized spacial score (nSPS) is 12.6. The second kappa shape index (κ2) is 10.6. The number of sulfonamides is 1. The largest absolute Gasteiger partial charge is 0.390 e. The highest BCUT2D eigenvalue weighted by atomic mass is 32.2. The highest BCUT2D eigenvalue weighted by Gasteiger charge is 2.27. The SMILES string of the molecule is CCN(CC)CC(O)CN(c1ccc(NC(C)=O)cc1)S(=O)(=O)c1ccc(C)cc1. The van der Waals surface area contributed by atoms with Crippen molar-refractivity contribution in [3.63, 3.8) is 0 Å². The fraction of sp³-hybridized carbons (Fsp3) is 0.409. The van der Waals surface area contributed by atoms with E-state index in [-0.39, 0.29) is 17.3 Å². The maximum absolute atomic E-state index is 13.4. The number of rotatable bonds is 10. The van der Waals surface area contributed by atoms with Crippen LogP contribution in [0.25, 0.3) is 0 Å². The fourth-order valence-electron chi connectivity index (χ4n) is 3.12. The van der Waals surface area contributed by atoms with Gasteiger partial charge in [0.1, 0.15) is 0 Å². The van der Waals surface area contributed by atoms with Crippen molar-refractivity contribution in [1.29, 1.82) is 0 Å². The molecule has 0 radical (unpaired) electrons. The molecule has 0 heterocycles. The number of carbonyl (C=O) groups excluding carboxylic acids is 1. The molecule has 0 aliphatic rings. The second-order valence-electron chi connectivity index (χ2n) is 7.22. The number of benzene rings is 2. The summed E-state index contributed by atoms with van der Waals surface area (Å²) in [6.07, 6.45) is -0.861. The molecule has 7 nitrogen and oxygen atoms in total. The topological polar surface area (TPSA) is 89.9 Å². The minimum absolute atomic E-state index is 0.0772. The van der Waals surface area contributed by atoms with Gasteiger partial charge in [-0.3, -0.25) is 9.10 Å². The number of amides is 1. The van der Waals surface area contributed by atoms with E-state index in [0.29, 0.717) is 17.9 Å². The smallest absolute Gasteiger partial charge is 0.264 e. The van der Waals surface area contributed by atoms with Gasteiger partial charge in [0.15, 0.2) is 0 Å². The molecule has 1 atom stereocenters. The van der Waals surface area contributed by atoms with Crippen LogP contribution in [0.5, 0.6) is 0 Å². The van der Waals surface area contributed by atoms with E-state index in [1.165, 1.54) is 11.2 Å². The fourth-order valence-corrected chi connectivity index (χ4v) is 4.63. The van der Waals surface area contributed by atoms with Crippen LogP contribution in [0.4, 0.5) is 11.4 Å². The van der Waals surface area contributed by atoms with Gasteiger partial charge < -0.3 is 15.3 Å². The van der Waals surface area contributed by atoms with E-state index in [1.54, 1.807) is 48.5 Å². The van der Waals surface area contributed by atoms with Gasteiger partial charge in [-0.15, -0.1) is 0 Å². The zero-order chi connectivity index (χ0) is 22.3. The predicted molar refractivity (Wildman–Crippen MR) is 120 cm³/mol. The van der Waals surface area contributed by atoms with Crippen LogP contribution in [0.2, 0.25) is 0 Å². The predicted octanol–water partition coefficient (Wildman–Crippen LogP) is 2.85. The molecule has 2 aromatic rings. The lowest BCUT2D eigenvalue weighted by molar-refractivity contribution is -0.114. The third-order valence-electron chi connectivity index (χ3n) is 4.82. The lowest BCUT2D eigenvalue weighted by atomic mass is 10.2. The van der Waals surface area contributed by atoms with E-state index >= 15 is 0 Å². The molecule has 164 valence electrons. The zero-order valence-electron chi connectivity index (χ0n) is 18.0. The summed E-state index contributed by atoms with van der Waals surface area (Å²) in [6.45, 7) is 9.13. The Hall–Kier alpha value is -2.42. The first-order chi connectivity index (χ1) is 14.2. The molecule has 0 aliphatic heterocycles. The number of carbonyl (C=O) groups is 1. The molecule has 0 saturated heterocycles. The summed E-state index contributed by atoms with van der Waals surface area (Å²) in [5.74, 6) is -0.207. The lowest BCUT2D eigenvalue weighted by Gasteiger charge is -2.29. The van der Waals surface area contributed by atoms with Crippen molar-refractivity contribution < 1.29 is 18.3 Å². The summed E-state index contributed by atoms with van der Waals surface area (Å²) in [7, 11) is -3.88. The highest BCUT2D eigenvalue weighted by Crippen LogP contribution is 2.26. The molecule has 0 aromatic heterocycles. The minimum atomic E-state index is -3.88. The Kier molecular flexibility index (Phi) is 8.40. The summed E-state index contributed by atoms with van der Waals surface area (Å²) in [5, 5.41) is 13.3. The van der Waals surface area contributed by atoms with Gasteiger partial charge in [-0.1, -0.05) is 31.5 Å². The number of likely N-dealkylation sites (N-methyl/N-ethyl adjacent to an activating group) is 1. The number of hydrogen-bond acceptors (Lipinski definition) is 5. The monoisotopic (exact) mass is 433 g/mol. The molecule has 1 unspecified atom stereocenters. The number of aliphatic hydroxyl groups excluding tert-OH is 1. The van der Waals surface area contributed by atoms with Gasteiger partial charge in [0.25, 0.3) is 10.0 Å². The Labute approximate surface area is 179 Å². The number of aryl methyl sites for hydroxylation is 1. The van der Waals surface area contributed by atoms with E-state index in [9.17, 15) is 18.3 Å². The molecular formula is C22H31N3O4S. The van der Waals surface area contributed by atoms with Crippen molar-refractivity contribution in [3.05, 3.63) is 54.1 Å². The average Bonchev–Trinajstić information content (AvgIpc) is 2.70. The Balaban J connectivity index is 2.39. The molecule has 0 aliphatic carbocycles. The summed E-state index contributed by atoms with van der Waals surface area (Å²) in [4.78, 5) is 13.5. The highest BCUT2D eigenvalue weighted by molar-refractivity contribution is 7.92. The van der Waals surface area contributed by atoms with Crippen LogP contribution in [0.1, 0.15) is 26.3 Å². The summed E-state index contributed by atoms with van der Waals surface area (Å²) >= 11 is 0. The standard InChI is InChI=1S/C22H31N3O4S/c1-5-24(6-2)15-21(27)16-25(20-11-9-19(10-12-20)23-18(4)26)30(28,29)22-13-7-17(3)8-14-22/h7-14,21,27H,5-6,15-16H2,1-4H3,(H,23,26). The average molecular weight is 434 g/mol. The van der Waals surface area contributed by atoms with Crippen molar-refractivity contribution >= 4 is 27.3 Å². The molecule has 2 rings (SSSR count). The van der Waals surface area contributed by atoms with Crippen LogP contribution in [0.15, 0.2) is 53.4 Å². The number of anilines is 2. The van der Waals surface area contributed by atoms with Gasteiger partial charge >= 0.3 is 0 Å². The first kappa shape index (κ1) is 23.9. The number of aliphatic hydroxyl groups is 1. The van der Waals surface area contributed by atoms with Crippen LogP contribution in [0, 0.1) is 6.92 Å². The number of nitrogens with one attached hydrogen (secondary N) is 1. The van der Waals surface area contributed by atoms with Gasteiger partial charge in [0.05, 0.1) is 23.2 Å². The van der Waals surface area contributed by atoms with Crippen LogP contribution in [0.3, 0.4) is 0 Å². The third kappa shape index (κ3) is 6.29. The van der Waals surface area contributed by atoms with Gasteiger partial charge in [0, 0.05) is 19.2 Å². The molecule has 30 heavy (non-hydrogen) atoms. The minimum Gasteiger partial charge on any atom is -0.390 e. The van der Waals surface area contributed by atoms with E-state index in [2.05, 4.69) is 5.32 Å². The van der Waals surface area contributed by atoms with Crippen molar-refractivity contribution in [3.8, 4) is 0 Å². The molecule has 0 spiro atoms. The Morgan fingerprint density at radius 2 is 1.57 bits per heavy atom. The lowest BCUT2D eigenvalue weighted by Crippen LogP contribution is -2.43. The third-order valence-corrected chi connectivity index (χ3v) is 6.63. The van der Waals surface area contributed by atoms with E-state index in [1.807, 2.05) is 25.7 Å². The Morgan fingerprint density at radius 1 is 1.00 bits per heavy atom. The van der Waals surface area contributed by atoms with E-state index < -0.39 is 16.1 Å². The van der Waals surface area contributed by atoms with Gasteiger partial charge in [-0.05, 0) is 56.4 Å². The van der Waals surface area contributed by atoms with E-state index in [4.69, 9.17) is 0 Å². The van der Waals surface area contributed by atoms with Gasteiger partial charge in [-0.2, -0.15) is 0 Å². The van der Waals surface area contributed by atoms with Gasteiger partial charge in [-0.25, -0.2) is 8.42 Å². The van der Waals surface area contributed by atoms with Crippen LogP contribution >= 0.6 is 0 Å². The van der Waals surface area contributed by atoms with Gasteiger partial charge in [0.2, 0.25) is 5.91 Å². The molecule has 0 fully saturated rings. The van der Waals surface area contributed by atoms with Crippen molar-refractivity contribution in [2.75, 3.05) is 35.8 Å². The van der Waals surface area contributed by atoms with E-state index in [0.717, 1.165) is 18.7 Å². The van der Waals surface area contributed by atoms with Crippen LogP contribution in [-0.2, 0) is 14.8 Å². The number of nitrogens with zero attached hydrogens (tertiary/aromatic N) is 2. The molecule has 0 bridgehead atoms. The molecule has 1 amide bonds. The summed E-state index contributed by atoms with van der Waals surface area (Å²) in [6, 6.07) is 13.2. The summed E-state index contributed by atoms with van der Waals surface area (Å²) in [5.41, 5.74) is 1.95. The maximum Gasteiger partial charge on any atom is 0.264 e. The first-order valence-corrected chi connectivity index (χ1v) is 11.5. The van der Waals surface area contributed by atoms with Crippen LogP contribution < -0.4 is 9.62 Å². The molecule has 8 heteroatoms. The maximum atomic E-state index is 13.4. The van der Waals surface area contributed by atoms with Crippen molar-refractivity contribution in [1.82, 2.24) is 4.90 Å². The van der Waals surface area contributed by atoms with Crippen molar-refractivity contribution in [2.45, 2.75) is 38.7 Å². The summed E-state index contributed by atoms with van der Waals surface area (Å²) < 4.78 is 28.0. The first-order valence-electron chi connectivity index (χ1n) is 10.0. The Morgan fingerprint density at radius 3 is 2.07 bits per heavy atom. The molecular weight excluding hydrogens is 402 g/mol.